The number of aromatic carboxylic acids is 2. The average Bonchev–Trinajstić information content (AvgIpc) is 4.02. The Bertz CT molecular complexity index is 2580. The van der Waals surface area contributed by atoms with Crippen molar-refractivity contribution < 1.29 is 53.0 Å². The topological polar surface area (TPSA) is 259 Å². The summed E-state index contributed by atoms with van der Waals surface area (Å²) in [7, 11) is 0. The van der Waals surface area contributed by atoms with Crippen molar-refractivity contribution in [2.75, 3.05) is 18.5 Å². The average molecular weight is 830 g/mol. The van der Waals surface area contributed by atoms with E-state index in [1.165, 1.54) is 42.5 Å². The molecule has 1 aliphatic heterocycles. The Labute approximate surface area is 329 Å². The molecule has 0 spiro atoms. The standard InChI is InChI=1S/C22H17AsN2O6.C18H11N3O5/c24-11-13-5-6-17(16(9-13)22(27)28)23-21(26)18-10-20(31-25-18)15-3-1-2-4-19(15)30-14-7-8-29-12-14;19-9-10-5-6-13(12(7-10)18(24)25)20-17(23)14-8-16(26-21-14)11-3-1-2-4-15(11)22/h1-6,9-10,14,23H,7-8,12H2,(H,27,28);1-8,22H,(H,20,23)(H,24,25). The maximum absolute atomic E-state index is 12.8. The first-order chi connectivity index (χ1) is 27.5. The van der Waals surface area contributed by atoms with Gasteiger partial charge >= 0.3 is 190 Å². The number of nitriles is 2. The number of hydrogen-bond acceptors (Lipinski definition) is 13. The minimum atomic E-state index is -1.52. The molecular formula is C40H28AsN5O11. The van der Waals surface area contributed by atoms with Gasteiger partial charge in [-0.15, -0.1) is 0 Å². The maximum atomic E-state index is 12.8. The molecule has 4 N–H and O–H groups in total. The van der Waals surface area contributed by atoms with Gasteiger partial charge in [-0.2, -0.15) is 5.26 Å². The van der Waals surface area contributed by atoms with Gasteiger partial charge in [0.1, 0.15) is 5.75 Å². The first kappa shape index (κ1) is 39.2. The predicted octanol–water partition coefficient (Wildman–Crippen LogP) is 4.85. The number of amides is 1. The van der Waals surface area contributed by atoms with E-state index in [-0.39, 0.29) is 61.5 Å². The number of carboxylic acid groups (broad SMARTS) is 2. The molecule has 1 fully saturated rings. The summed E-state index contributed by atoms with van der Waals surface area (Å²) >= 11 is -1.52. The molecule has 1 aliphatic rings. The van der Waals surface area contributed by atoms with E-state index in [0.29, 0.717) is 40.2 Å². The van der Waals surface area contributed by atoms with E-state index < -0.39 is 33.6 Å². The molecule has 3 heterocycles. The number of carbonyl (C=O) groups is 4. The quantitative estimate of drug-likeness (QED) is 0.127. The van der Waals surface area contributed by atoms with Gasteiger partial charge in [0.25, 0.3) is 5.91 Å². The number of nitrogens with one attached hydrogen (secondary N) is 1. The molecule has 1 saturated heterocycles. The molecule has 57 heavy (non-hydrogen) atoms. The van der Waals surface area contributed by atoms with E-state index in [2.05, 4.69) is 15.6 Å². The van der Waals surface area contributed by atoms with Crippen LogP contribution in [0.3, 0.4) is 0 Å². The zero-order valence-electron chi connectivity index (χ0n) is 29.3. The Balaban J connectivity index is 0.000000196. The summed E-state index contributed by atoms with van der Waals surface area (Å²) in [6.07, 6.45) is 0.762. The first-order valence-electron chi connectivity index (χ1n) is 16.8. The van der Waals surface area contributed by atoms with Crippen LogP contribution < -0.4 is 14.4 Å². The molecule has 1 amide bonds. The fourth-order valence-corrected chi connectivity index (χ4v) is 7.47. The number of rotatable bonds is 11. The van der Waals surface area contributed by atoms with Crippen LogP contribution in [-0.4, -0.2) is 83.1 Å². The molecule has 2 aromatic heterocycles. The summed E-state index contributed by atoms with van der Waals surface area (Å²) in [5, 5.41) is 56.3. The number of benzene rings is 4. The number of nitrogens with zero attached hydrogens (tertiary/aromatic N) is 4. The SMILES string of the molecule is N#Cc1ccc(NC(=O)c2cc(-c3ccccc3O)on2)c(C(=O)O)c1.N#Cc1ccc([AsH]C(=O)c2cc(-c3ccccc3OC3CCOC3)on2)c(C(=O)O)c1. The monoisotopic (exact) mass is 829 g/mol. The fourth-order valence-electron chi connectivity index (χ4n) is 5.43. The van der Waals surface area contributed by atoms with Crippen LogP contribution >= 0.6 is 0 Å². The summed E-state index contributed by atoms with van der Waals surface area (Å²) < 4.78 is 22.0. The van der Waals surface area contributed by atoms with Gasteiger partial charge in [-0.05, 0) is 30.3 Å². The second-order valence-corrected chi connectivity index (χ2v) is 14.6. The molecule has 16 nitrogen and oxygen atoms in total. The number of para-hydroxylation sites is 2. The summed E-state index contributed by atoms with van der Waals surface area (Å²) in [6, 6.07) is 28.5. The molecule has 7 rings (SSSR count). The summed E-state index contributed by atoms with van der Waals surface area (Å²) in [5.41, 5.74) is 1.23. The summed E-state index contributed by atoms with van der Waals surface area (Å²) in [5.74, 6) is -1.99. The minimum absolute atomic E-state index is 0.0219. The van der Waals surface area contributed by atoms with Gasteiger partial charge in [0, 0.05) is 6.07 Å². The van der Waals surface area contributed by atoms with Crippen LogP contribution in [0.2, 0.25) is 0 Å². The molecular weight excluding hydrogens is 801 g/mol. The van der Waals surface area contributed by atoms with Gasteiger partial charge in [-0.1, -0.05) is 17.3 Å². The van der Waals surface area contributed by atoms with Gasteiger partial charge in [0.05, 0.1) is 28.4 Å². The summed E-state index contributed by atoms with van der Waals surface area (Å²) in [4.78, 5) is 47.9. The van der Waals surface area contributed by atoms with Gasteiger partial charge in [0.2, 0.25) is 0 Å². The fraction of sp³-hybridized carbons (Fsp3) is 0.100. The van der Waals surface area contributed by atoms with Crippen LogP contribution in [0.4, 0.5) is 5.69 Å². The number of aromatic hydroxyl groups is 1. The number of phenolic OH excluding ortho intramolecular Hbond substituents is 1. The Hall–Kier alpha value is -7.52. The number of phenols is 1. The third kappa shape index (κ3) is 9.41. The van der Waals surface area contributed by atoms with Crippen LogP contribution in [0.15, 0.2) is 106 Å². The van der Waals surface area contributed by atoms with E-state index in [1.807, 2.05) is 36.4 Å². The van der Waals surface area contributed by atoms with Crippen LogP contribution in [0.5, 0.6) is 11.5 Å². The third-order valence-corrected chi connectivity index (χ3v) is 10.7. The number of carboxylic acids is 2. The van der Waals surface area contributed by atoms with Gasteiger partial charge in [0.15, 0.2) is 11.5 Å². The first-order valence-corrected chi connectivity index (χ1v) is 18.9. The Morgan fingerprint density at radius 2 is 1.39 bits per heavy atom. The molecule has 0 saturated carbocycles. The zero-order chi connectivity index (χ0) is 40.5. The Morgan fingerprint density at radius 1 is 0.772 bits per heavy atom. The normalized spacial score (nSPS) is 13.2. The number of aromatic nitrogens is 2. The van der Waals surface area contributed by atoms with Crippen LogP contribution in [0.1, 0.15) is 59.2 Å². The van der Waals surface area contributed by atoms with Crippen molar-refractivity contribution in [3.63, 3.8) is 0 Å². The van der Waals surface area contributed by atoms with Crippen molar-refractivity contribution in [2.45, 2.75) is 12.5 Å². The second-order valence-electron chi connectivity index (χ2n) is 12.0. The van der Waals surface area contributed by atoms with Gasteiger partial charge in [-0.25, -0.2) is 4.79 Å². The molecule has 4 aromatic carbocycles. The molecule has 0 bridgehead atoms. The molecule has 6 aromatic rings. The van der Waals surface area contributed by atoms with Gasteiger partial charge in [-0.3, -0.25) is 4.79 Å². The van der Waals surface area contributed by atoms with Crippen LogP contribution in [0, 0.1) is 22.7 Å². The molecule has 2 unspecified atom stereocenters. The van der Waals surface area contributed by atoms with E-state index in [9.17, 15) is 34.5 Å². The van der Waals surface area contributed by atoms with E-state index in [1.54, 1.807) is 24.3 Å². The third-order valence-electron chi connectivity index (χ3n) is 8.24. The van der Waals surface area contributed by atoms with Crippen molar-refractivity contribution in [1.82, 2.24) is 10.3 Å². The predicted molar refractivity (Wildman–Crippen MR) is 201 cm³/mol. The van der Waals surface area contributed by atoms with Crippen LogP contribution in [0.25, 0.3) is 22.6 Å². The number of anilines is 1. The van der Waals surface area contributed by atoms with Crippen molar-refractivity contribution in [3.8, 4) is 46.3 Å². The van der Waals surface area contributed by atoms with E-state index in [0.717, 1.165) is 12.5 Å². The number of hydrogen-bond donors (Lipinski definition) is 4. The molecule has 2 atom stereocenters. The number of carbonyl (C=O) groups excluding carboxylic acids is 2. The summed E-state index contributed by atoms with van der Waals surface area (Å²) in [6.45, 7) is 1.18. The molecule has 0 radical (unpaired) electrons. The van der Waals surface area contributed by atoms with E-state index in [4.69, 9.17) is 29.0 Å². The molecule has 17 heteroatoms. The Kier molecular flexibility index (Phi) is 12.2. The second kappa shape index (κ2) is 17.7. The number of ether oxygens (including phenoxy) is 2. The van der Waals surface area contributed by atoms with Crippen LogP contribution in [-0.2, 0) is 4.74 Å². The molecule has 0 aliphatic carbocycles. The van der Waals surface area contributed by atoms with Crippen molar-refractivity contribution in [1.29, 1.82) is 10.5 Å². The van der Waals surface area contributed by atoms with Gasteiger partial charge < -0.3 is 20.1 Å². The van der Waals surface area contributed by atoms with E-state index >= 15 is 0 Å². The van der Waals surface area contributed by atoms with Crippen molar-refractivity contribution in [3.05, 3.63) is 131 Å². The van der Waals surface area contributed by atoms with Crippen molar-refractivity contribution in [2.24, 2.45) is 0 Å². The van der Waals surface area contributed by atoms with Crippen molar-refractivity contribution >= 4 is 48.2 Å². The zero-order valence-corrected chi connectivity index (χ0v) is 31.4. The Morgan fingerprint density at radius 3 is 2.05 bits per heavy atom. The molecule has 284 valence electrons.